The number of amides is 2. The van der Waals surface area contributed by atoms with Gasteiger partial charge in [-0.2, -0.15) is 0 Å². The minimum absolute atomic E-state index is 0.0487. The predicted octanol–water partition coefficient (Wildman–Crippen LogP) is 5.99. The van der Waals surface area contributed by atoms with E-state index in [0.717, 1.165) is 16.8 Å². The van der Waals surface area contributed by atoms with Crippen LogP contribution in [-0.4, -0.2) is 32.3 Å². The minimum atomic E-state index is -0.384. The molecule has 37 heavy (non-hydrogen) atoms. The van der Waals surface area contributed by atoms with Gasteiger partial charge in [-0.15, -0.1) is 10.2 Å². The number of nitrogens with one attached hydrogen (secondary N) is 2. The van der Waals surface area contributed by atoms with E-state index in [1.807, 2.05) is 36.6 Å². The fourth-order valence-electron chi connectivity index (χ4n) is 3.50. The summed E-state index contributed by atoms with van der Waals surface area (Å²) in [6, 6.07) is 16.1. The van der Waals surface area contributed by atoms with Gasteiger partial charge in [0.2, 0.25) is 5.91 Å². The SMILES string of the molecule is Cc1ccc(C)c(-n2c(CNC(=O)c3ccc(Cl)cc3Cl)nnc2SCC(=O)Nc2ccc(F)cc2)c1. The molecule has 2 N–H and O–H groups in total. The first-order valence-electron chi connectivity index (χ1n) is 11.1. The standard InChI is InChI=1S/C26H22Cl2FN5O2S/c1-15-3-4-16(2)22(11-15)34-23(13-30-25(36)20-10-5-17(27)12-21(20)28)32-33-26(34)37-14-24(35)31-19-8-6-18(29)7-9-19/h3-12H,13-14H2,1-2H3,(H,30,36)(H,31,35). The molecule has 0 aliphatic rings. The summed E-state index contributed by atoms with van der Waals surface area (Å²) in [5.41, 5.74) is 3.61. The Morgan fingerprint density at radius 1 is 1.00 bits per heavy atom. The maximum atomic E-state index is 13.1. The summed E-state index contributed by atoms with van der Waals surface area (Å²) in [5.74, 6) is -0.516. The second-order valence-electron chi connectivity index (χ2n) is 8.17. The maximum absolute atomic E-state index is 13.1. The number of thioether (sulfide) groups is 1. The van der Waals surface area contributed by atoms with Gasteiger partial charge < -0.3 is 10.6 Å². The topological polar surface area (TPSA) is 88.9 Å². The van der Waals surface area contributed by atoms with E-state index in [2.05, 4.69) is 20.8 Å². The quantitative estimate of drug-likeness (QED) is 0.260. The third-order valence-corrected chi connectivity index (χ3v) is 6.83. The summed E-state index contributed by atoms with van der Waals surface area (Å²) in [6.07, 6.45) is 0. The summed E-state index contributed by atoms with van der Waals surface area (Å²) >= 11 is 13.3. The number of hydrogen-bond donors (Lipinski definition) is 2. The van der Waals surface area contributed by atoms with Crippen LogP contribution in [0.4, 0.5) is 10.1 Å². The largest absolute Gasteiger partial charge is 0.345 e. The number of carbonyl (C=O) groups excluding carboxylic acids is 2. The lowest BCUT2D eigenvalue weighted by Gasteiger charge is -2.14. The smallest absolute Gasteiger partial charge is 0.253 e. The lowest BCUT2D eigenvalue weighted by Crippen LogP contribution is -2.25. The highest BCUT2D eigenvalue weighted by Crippen LogP contribution is 2.26. The Bertz CT molecular complexity index is 1460. The summed E-state index contributed by atoms with van der Waals surface area (Å²) in [5, 5.41) is 15.3. The molecule has 0 spiro atoms. The number of anilines is 1. The van der Waals surface area contributed by atoms with E-state index in [9.17, 15) is 14.0 Å². The van der Waals surface area contributed by atoms with E-state index in [1.165, 1.54) is 42.1 Å². The molecule has 0 radical (unpaired) electrons. The zero-order valence-electron chi connectivity index (χ0n) is 19.9. The zero-order valence-corrected chi connectivity index (χ0v) is 22.2. The molecule has 0 unspecified atom stereocenters. The summed E-state index contributed by atoms with van der Waals surface area (Å²) < 4.78 is 15.0. The van der Waals surface area contributed by atoms with Gasteiger partial charge in [0.05, 0.1) is 28.6 Å². The molecule has 4 rings (SSSR count). The molecular formula is C26H22Cl2FN5O2S. The van der Waals surface area contributed by atoms with Gasteiger partial charge in [-0.3, -0.25) is 14.2 Å². The molecule has 0 atom stereocenters. The molecule has 2 amide bonds. The normalized spacial score (nSPS) is 10.8. The molecule has 0 saturated heterocycles. The van der Waals surface area contributed by atoms with Crippen LogP contribution in [-0.2, 0) is 11.3 Å². The van der Waals surface area contributed by atoms with Gasteiger partial charge in [0, 0.05) is 10.7 Å². The van der Waals surface area contributed by atoms with Crippen molar-refractivity contribution in [2.24, 2.45) is 0 Å². The van der Waals surface area contributed by atoms with Crippen LogP contribution >= 0.6 is 35.0 Å². The Kier molecular flexibility index (Phi) is 8.48. The number of benzene rings is 3. The number of carbonyl (C=O) groups is 2. The number of aryl methyl sites for hydroxylation is 2. The molecule has 7 nitrogen and oxygen atoms in total. The van der Waals surface area contributed by atoms with Crippen LogP contribution in [0.25, 0.3) is 5.69 Å². The molecule has 0 fully saturated rings. The first kappa shape index (κ1) is 26.7. The van der Waals surface area contributed by atoms with Crippen LogP contribution < -0.4 is 10.6 Å². The van der Waals surface area contributed by atoms with E-state index in [0.29, 0.717) is 21.7 Å². The molecule has 0 aliphatic carbocycles. The summed E-state index contributed by atoms with van der Waals surface area (Å²) in [7, 11) is 0. The highest BCUT2D eigenvalue weighted by Gasteiger charge is 2.19. The second kappa shape index (κ2) is 11.8. The van der Waals surface area contributed by atoms with E-state index in [4.69, 9.17) is 23.2 Å². The van der Waals surface area contributed by atoms with Crippen LogP contribution in [0.5, 0.6) is 0 Å². The molecule has 1 heterocycles. The third kappa shape index (κ3) is 6.68. The minimum Gasteiger partial charge on any atom is -0.345 e. The van der Waals surface area contributed by atoms with Crippen molar-refractivity contribution in [1.82, 2.24) is 20.1 Å². The molecule has 3 aromatic carbocycles. The van der Waals surface area contributed by atoms with Crippen molar-refractivity contribution < 1.29 is 14.0 Å². The lowest BCUT2D eigenvalue weighted by atomic mass is 10.1. The van der Waals surface area contributed by atoms with Crippen molar-refractivity contribution >= 4 is 52.5 Å². The van der Waals surface area contributed by atoms with Crippen molar-refractivity contribution in [2.75, 3.05) is 11.1 Å². The van der Waals surface area contributed by atoms with E-state index >= 15 is 0 Å². The van der Waals surface area contributed by atoms with Gasteiger partial charge in [-0.1, -0.05) is 47.1 Å². The molecular weight excluding hydrogens is 536 g/mol. The molecule has 190 valence electrons. The summed E-state index contributed by atoms with van der Waals surface area (Å²) in [6.45, 7) is 4.00. The highest BCUT2D eigenvalue weighted by atomic mass is 35.5. The van der Waals surface area contributed by atoms with Crippen LogP contribution in [0.15, 0.2) is 65.8 Å². The third-order valence-electron chi connectivity index (χ3n) is 5.35. The van der Waals surface area contributed by atoms with Crippen molar-refractivity contribution in [3.8, 4) is 5.69 Å². The molecule has 0 bridgehead atoms. The van der Waals surface area contributed by atoms with Crippen molar-refractivity contribution in [1.29, 1.82) is 0 Å². The van der Waals surface area contributed by atoms with Gasteiger partial charge in [-0.25, -0.2) is 4.39 Å². The zero-order chi connectivity index (χ0) is 26.5. The van der Waals surface area contributed by atoms with Crippen molar-refractivity contribution in [3.05, 3.63) is 99.0 Å². The van der Waals surface area contributed by atoms with Gasteiger partial charge in [0.15, 0.2) is 11.0 Å². The molecule has 4 aromatic rings. The summed E-state index contributed by atoms with van der Waals surface area (Å²) in [4.78, 5) is 25.3. The fraction of sp³-hybridized carbons (Fsp3) is 0.154. The predicted molar refractivity (Wildman–Crippen MR) is 144 cm³/mol. The Morgan fingerprint density at radius 3 is 2.49 bits per heavy atom. The lowest BCUT2D eigenvalue weighted by molar-refractivity contribution is -0.113. The number of nitrogens with zero attached hydrogens (tertiary/aromatic N) is 3. The average molecular weight is 558 g/mol. The molecule has 0 saturated carbocycles. The Hall–Kier alpha value is -3.40. The average Bonchev–Trinajstić information content (AvgIpc) is 3.26. The number of hydrogen-bond acceptors (Lipinski definition) is 5. The van der Waals surface area contributed by atoms with E-state index in [1.54, 1.807) is 12.1 Å². The fourth-order valence-corrected chi connectivity index (χ4v) is 4.76. The van der Waals surface area contributed by atoms with Crippen LogP contribution in [0, 0.1) is 19.7 Å². The molecule has 11 heteroatoms. The Labute approximate surface area is 227 Å². The molecule has 1 aromatic heterocycles. The number of aromatic nitrogens is 3. The molecule has 0 aliphatic heterocycles. The first-order valence-corrected chi connectivity index (χ1v) is 12.9. The van der Waals surface area contributed by atoms with Crippen molar-refractivity contribution in [2.45, 2.75) is 25.5 Å². The maximum Gasteiger partial charge on any atom is 0.253 e. The van der Waals surface area contributed by atoms with Crippen molar-refractivity contribution in [3.63, 3.8) is 0 Å². The van der Waals surface area contributed by atoms with Gasteiger partial charge >= 0.3 is 0 Å². The monoisotopic (exact) mass is 557 g/mol. The number of halogens is 3. The van der Waals surface area contributed by atoms with Crippen LogP contribution in [0.2, 0.25) is 10.0 Å². The van der Waals surface area contributed by atoms with Crippen LogP contribution in [0.1, 0.15) is 27.3 Å². The Morgan fingerprint density at radius 2 is 1.76 bits per heavy atom. The highest BCUT2D eigenvalue weighted by molar-refractivity contribution is 7.99. The van der Waals surface area contributed by atoms with Crippen LogP contribution in [0.3, 0.4) is 0 Å². The first-order chi connectivity index (χ1) is 17.7. The van der Waals surface area contributed by atoms with E-state index in [-0.39, 0.29) is 40.5 Å². The number of rotatable bonds is 8. The van der Waals surface area contributed by atoms with Gasteiger partial charge in [0.1, 0.15) is 5.82 Å². The second-order valence-corrected chi connectivity index (χ2v) is 9.96. The Balaban J connectivity index is 1.55. The van der Waals surface area contributed by atoms with Gasteiger partial charge in [0.25, 0.3) is 5.91 Å². The van der Waals surface area contributed by atoms with E-state index < -0.39 is 0 Å². The van der Waals surface area contributed by atoms with Gasteiger partial charge in [-0.05, 0) is 73.5 Å².